The molecule has 0 unspecified atom stereocenters. The van der Waals surface area contributed by atoms with Crippen molar-refractivity contribution in [3.05, 3.63) is 90.3 Å². The Hall–Kier alpha value is -4.73. The number of aliphatic imine (C=N–C) groups is 6. The van der Waals surface area contributed by atoms with E-state index in [0.717, 1.165) is 16.7 Å². The summed E-state index contributed by atoms with van der Waals surface area (Å²) >= 11 is 0. The molecule has 3 aromatic rings. The summed E-state index contributed by atoms with van der Waals surface area (Å²) < 4.78 is 0. The van der Waals surface area contributed by atoms with E-state index >= 15 is 0 Å². The van der Waals surface area contributed by atoms with Crippen molar-refractivity contribution in [2.75, 3.05) is 0 Å². The van der Waals surface area contributed by atoms with Crippen LogP contribution in [0.15, 0.2) is 104 Å². The predicted octanol–water partition coefficient (Wildman–Crippen LogP) is 1.92. The minimum Gasteiger partial charge on any atom is -0.265 e. The number of guanidine groups is 3. The van der Waals surface area contributed by atoms with Crippen LogP contribution in [0, 0.1) is 0 Å². The summed E-state index contributed by atoms with van der Waals surface area (Å²) in [5, 5.41) is 0. The lowest BCUT2D eigenvalue weighted by molar-refractivity contribution is 0.828. The Bertz CT molecular complexity index is 1180. The molecule has 3 aromatic heterocycles. The van der Waals surface area contributed by atoms with Crippen molar-refractivity contribution in [2.45, 2.75) is 0 Å². The molecule has 0 fully saturated rings. The van der Waals surface area contributed by atoms with Crippen LogP contribution in [0.3, 0.4) is 0 Å². The first-order chi connectivity index (χ1) is 15.3. The average molecular weight is 404 g/mol. The summed E-state index contributed by atoms with van der Waals surface area (Å²) in [7, 11) is 0. The van der Waals surface area contributed by atoms with Gasteiger partial charge in [-0.25, -0.2) is 4.90 Å². The quantitative estimate of drug-likeness (QED) is 0.663. The van der Waals surface area contributed by atoms with Crippen LogP contribution in [0.25, 0.3) is 0 Å². The molecular weight excluding hydrogens is 392 g/mol. The fourth-order valence-electron chi connectivity index (χ4n) is 3.18. The Labute approximate surface area is 176 Å². The van der Waals surface area contributed by atoms with E-state index in [0.29, 0.717) is 35.4 Å². The third kappa shape index (κ3) is 3.02. The van der Waals surface area contributed by atoms with Crippen LogP contribution in [-0.4, -0.2) is 55.2 Å². The van der Waals surface area contributed by atoms with Crippen LogP contribution in [0.5, 0.6) is 0 Å². The first-order valence-corrected chi connectivity index (χ1v) is 9.39. The third-order valence-electron chi connectivity index (χ3n) is 4.65. The molecule has 3 aliphatic rings. The SMILES string of the molecule is c1cc(C2=NC3=NC(c4ccncc4)=NC4=NC(c5ccncc5)=NC(=N2)N34)ccn1. The number of pyridine rings is 3. The van der Waals surface area contributed by atoms with Crippen molar-refractivity contribution in [1.29, 1.82) is 0 Å². The minimum atomic E-state index is 0.398. The molecule has 0 saturated carbocycles. The lowest BCUT2D eigenvalue weighted by Crippen LogP contribution is -2.48. The average Bonchev–Trinajstić information content (AvgIpc) is 2.85. The highest BCUT2D eigenvalue weighted by Gasteiger charge is 2.35. The van der Waals surface area contributed by atoms with Gasteiger partial charge in [-0.1, -0.05) is 0 Å². The molecule has 0 amide bonds. The van der Waals surface area contributed by atoms with E-state index in [2.05, 4.69) is 44.9 Å². The zero-order chi connectivity index (χ0) is 20.6. The van der Waals surface area contributed by atoms with Crippen molar-refractivity contribution in [1.82, 2.24) is 19.9 Å². The van der Waals surface area contributed by atoms with E-state index in [4.69, 9.17) is 0 Å². The second-order valence-electron chi connectivity index (χ2n) is 6.58. The van der Waals surface area contributed by atoms with E-state index < -0.39 is 0 Å². The Kier molecular flexibility index (Phi) is 3.85. The number of amidine groups is 3. The zero-order valence-corrected chi connectivity index (χ0v) is 15.9. The molecule has 0 bridgehead atoms. The molecule has 0 aliphatic carbocycles. The van der Waals surface area contributed by atoms with Crippen molar-refractivity contribution >= 4 is 35.4 Å². The number of hydrogen-bond donors (Lipinski definition) is 0. The summed E-state index contributed by atoms with van der Waals surface area (Å²) in [6.45, 7) is 0. The smallest absolute Gasteiger partial charge is 0.243 e. The van der Waals surface area contributed by atoms with Crippen LogP contribution in [0.4, 0.5) is 0 Å². The molecule has 0 spiro atoms. The molecule has 0 N–H and O–H groups in total. The molecule has 6 heterocycles. The summed E-state index contributed by atoms with van der Waals surface area (Å²) in [6, 6.07) is 11.0. The van der Waals surface area contributed by atoms with Gasteiger partial charge in [0.2, 0.25) is 17.9 Å². The first-order valence-electron chi connectivity index (χ1n) is 9.39. The highest BCUT2D eigenvalue weighted by Crippen LogP contribution is 2.22. The van der Waals surface area contributed by atoms with Gasteiger partial charge in [-0.05, 0) is 36.4 Å². The molecule has 3 aliphatic heterocycles. The molecule has 146 valence electrons. The van der Waals surface area contributed by atoms with Crippen LogP contribution < -0.4 is 0 Å². The monoisotopic (exact) mass is 404 g/mol. The van der Waals surface area contributed by atoms with Gasteiger partial charge in [-0.2, -0.15) is 30.0 Å². The number of rotatable bonds is 3. The van der Waals surface area contributed by atoms with Gasteiger partial charge < -0.3 is 0 Å². The second-order valence-corrected chi connectivity index (χ2v) is 6.58. The highest BCUT2D eigenvalue weighted by atomic mass is 15.5. The lowest BCUT2D eigenvalue weighted by Gasteiger charge is -2.30. The van der Waals surface area contributed by atoms with Gasteiger partial charge in [0.15, 0.2) is 17.5 Å². The zero-order valence-electron chi connectivity index (χ0n) is 15.9. The van der Waals surface area contributed by atoms with Crippen molar-refractivity contribution in [2.24, 2.45) is 30.0 Å². The summed E-state index contributed by atoms with van der Waals surface area (Å²) in [5.41, 5.74) is 2.42. The van der Waals surface area contributed by atoms with Crippen LogP contribution in [0.2, 0.25) is 0 Å². The van der Waals surface area contributed by atoms with Gasteiger partial charge >= 0.3 is 0 Å². The maximum atomic E-state index is 4.65. The Morgan fingerprint density at radius 2 is 0.677 bits per heavy atom. The normalized spacial score (nSPS) is 16.8. The van der Waals surface area contributed by atoms with Crippen molar-refractivity contribution in [3.63, 3.8) is 0 Å². The number of aromatic nitrogens is 3. The van der Waals surface area contributed by atoms with Gasteiger partial charge in [0.1, 0.15) is 0 Å². The topological polar surface area (TPSA) is 116 Å². The van der Waals surface area contributed by atoms with Crippen LogP contribution in [-0.2, 0) is 0 Å². The second kappa shape index (κ2) is 6.95. The molecule has 31 heavy (non-hydrogen) atoms. The molecule has 0 atom stereocenters. The summed E-state index contributed by atoms with van der Waals surface area (Å²) in [6.07, 6.45) is 10.1. The molecule has 10 nitrogen and oxygen atoms in total. The largest absolute Gasteiger partial charge is 0.265 e. The molecular formula is C21H12N10. The van der Waals surface area contributed by atoms with E-state index in [1.54, 1.807) is 42.1 Å². The molecule has 0 aromatic carbocycles. The van der Waals surface area contributed by atoms with Gasteiger partial charge in [0, 0.05) is 53.9 Å². The third-order valence-corrected chi connectivity index (χ3v) is 4.65. The molecule has 0 radical (unpaired) electrons. The van der Waals surface area contributed by atoms with E-state index in [9.17, 15) is 0 Å². The van der Waals surface area contributed by atoms with Gasteiger partial charge in [0.25, 0.3) is 0 Å². The Morgan fingerprint density at radius 1 is 0.387 bits per heavy atom. The number of nitrogens with zero attached hydrogens (tertiary/aromatic N) is 10. The maximum Gasteiger partial charge on any atom is 0.243 e. The van der Waals surface area contributed by atoms with Crippen LogP contribution >= 0.6 is 0 Å². The maximum absolute atomic E-state index is 4.65. The lowest BCUT2D eigenvalue weighted by atomic mass is 10.2. The first kappa shape index (κ1) is 17.2. The van der Waals surface area contributed by atoms with Gasteiger partial charge in [-0.15, -0.1) is 0 Å². The van der Waals surface area contributed by atoms with E-state index in [-0.39, 0.29) is 0 Å². The molecule has 6 rings (SSSR count). The van der Waals surface area contributed by atoms with Gasteiger partial charge in [-0.3, -0.25) is 15.0 Å². The minimum absolute atomic E-state index is 0.398. The standard InChI is InChI=1S/C21H12N10/c1-7-22-8-2-13(1)16-25-19-27-17(14-3-9-23-10-4-14)29-21-30-18(15-5-11-24-12-6-15)28-20(26-16)31(19)21/h1-12H. The van der Waals surface area contributed by atoms with E-state index in [1.165, 1.54) is 0 Å². The predicted molar refractivity (Wildman–Crippen MR) is 116 cm³/mol. The summed E-state index contributed by atoms with van der Waals surface area (Å²) in [5.74, 6) is 2.66. The Balaban J connectivity index is 1.55. The fourth-order valence-corrected chi connectivity index (χ4v) is 3.18. The van der Waals surface area contributed by atoms with Crippen LogP contribution in [0.1, 0.15) is 16.7 Å². The van der Waals surface area contributed by atoms with Crippen molar-refractivity contribution in [3.8, 4) is 0 Å². The molecule has 10 heteroatoms. The molecule has 0 saturated heterocycles. The van der Waals surface area contributed by atoms with E-state index in [1.807, 2.05) is 36.4 Å². The highest BCUT2D eigenvalue weighted by molar-refractivity contribution is 6.34. The summed E-state index contributed by atoms with van der Waals surface area (Å²) in [4.78, 5) is 41.7. The van der Waals surface area contributed by atoms with Gasteiger partial charge in [0.05, 0.1) is 0 Å². The fraction of sp³-hybridized carbons (Fsp3) is 0. The number of hydrogen-bond acceptors (Lipinski definition) is 10. The van der Waals surface area contributed by atoms with Crippen molar-refractivity contribution < 1.29 is 0 Å². The Morgan fingerprint density at radius 3 is 0.968 bits per heavy atom.